The van der Waals surface area contributed by atoms with Crippen molar-refractivity contribution in [3.05, 3.63) is 28.2 Å². The number of benzene rings is 1. The minimum absolute atomic E-state index is 0.0685. The Balaban J connectivity index is 2.06. The smallest absolute Gasteiger partial charge is 0.260 e. The van der Waals surface area contributed by atoms with Crippen LogP contribution in [0.2, 0.25) is 0 Å². The Morgan fingerprint density at radius 1 is 1.47 bits per heavy atom. The highest BCUT2D eigenvalue weighted by atomic mass is 79.9. The van der Waals surface area contributed by atoms with E-state index in [2.05, 4.69) is 21.2 Å². The number of rotatable bonds is 5. The van der Waals surface area contributed by atoms with Crippen LogP contribution in [-0.2, 0) is 4.79 Å². The lowest BCUT2D eigenvalue weighted by molar-refractivity contribution is -0.127. The van der Waals surface area contributed by atoms with Gasteiger partial charge in [0.1, 0.15) is 5.75 Å². The first-order chi connectivity index (χ1) is 8.97. The van der Waals surface area contributed by atoms with Gasteiger partial charge in [-0.25, -0.2) is 0 Å². The Morgan fingerprint density at radius 2 is 2.16 bits per heavy atom. The van der Waals surface area contributed by atoms with Crippen LogP contribution in [0.3, 0.4) is 0 Å². The largest absolute Gasteiger partial charge is 0.481 e. The van der Waals surface area contributed by atoms with Crippen molar-refractivity contribution < 1.29 is 9.53 Å². The molecule has 1 aliphatic carbocycles. The quantitative estimate of drug-likeness (QED) is 0.873. The van der Waals surface area contributed by atoms with Crippen LogP contribution in [0.15, 0.2) is 22.7 Å². The number of nitrogens with two attached hydrogens (primary N) is 1. The molecule has 0 saturated heterocycles. The second-order valence-corrected chi connectivity index (χ2v) is 5.93. The van der Waals surface area contributed by atoms with E-state index in [1.807, 2.05) is 25.1 Å². The summed E-state index contributed by atoms with van der Waals surface area (Å²) in [5, 5.41) is 2.93. The van der Waals surface area contributed by atoms with E-state index in [0.29, 0.717) is 11.8 Å². The summed E-state index contributed by atoms with van der Waals surface area (Å²) in [6.45, 7) is 3.65. The molecule has 1 saturated carbocycles. The summed E-state index contributed by atoms with van der Waals surface area (Å²) in [7, 11) is 0. The number of halogens is 1. The van der Waals surface area contributed by atoms with Crippen molar-refractivity contribution in [2.45, 2.75) is 44.9 Å². The molecule has 0 aliphatic heterocycles. The third kappa shape index (κ3) is 3.94. The van der Waals surface area contributed by atoms with Crippen LogP contribution in [0.5, 0.6) is 5.75 Å². The van der Waals surface area contributed by atoms with E-state index in [4.69, 9.17) is 10.5 Å². The lowest BCUT2D eigenvalue weighted by Crippen LogP contribution is -2.37. The van der Waals surface area contributed by atoms with E-state index in [1.54, 1.807) is 6.92 Å². The average Bonchev–Trinajstić information content (AvgIpc) is 3.14. The Kier molecular flexibility index (Phi) is 4.47. The summed E-state index contributed by atoms with van der Waals surface area (Å²) >= 11 is 3.41. The van der Waals surface area contributed by atoms with Gasteiger partial charge in [0.2, 0.25) is 0 Å². The zero-order chi connectivity index (χ0) is 14.0. The first-order valence-corrected chi connectivity index (χ1v) is 7.28. The molecule has 1 unspecified atom stereocenters. The normalized spacial score (nSPS) is 17.7. The van der Waals surface area contributed by atoms with Crippen molar-refractivity contribution >= 4 is 21.8 Å². The first-order valence-electron chi connectivity index (χ1n) is 6.49. The molecule has 1 aliphatic rings. The minimum atomic E-state index is -0.515. The average molecular weight is 327 g/mol. The molecule has 1 amide bonds. The topological polar surface area (TPSA) is 64.3 Å². The van der Waals surface area contributed by atoms with E-state index in [1.165, 1.54) is 0 Å². The molecule has 4 nitrogen and oxygen atoms in total. The van der Waals surface area contributed by atoms with E-state index in [0.717, 1.165) is 22.9 Å². The summed E-state index contributed by atoms with van der Waals surface area (Å²) in [6.07, 6.45) is 1.63. The van der Waals surface area contributed by atoms with Crippen molar-refractivity contribution in [1.82, 2.24) is 5.32 Å². The molecule has 0 heterocycles. The van der Waals surface area contributed by atoms with Crippen LogP contribution >= 0.6 is 15.9 Å². The van der Waals surface area contributed by atoms with Crippen molar-refractivity contribution in [3.8, 4) is 5.75 Å². The molecule has 19 heavy (non-hydrogen) atoms. The highest BCUT2D eigenvalue weighted by Gasteiger charge is 2.26. The van der Waals surface area contributed by atoms with Crippen molar-refractivity contribution in [3.63, 3.8) is 0 Å². The highest BCUT2D eigenvalue weighted by molar-refractivity contribution is 9.10. The third-order valence-corrected chi connectivity index (χ3v) is 3.55. The number of hydrogen-bond acceptors (Lipinski definition) is 3. The number of hydrogen-bond donors (Lipinski definition) is 2. The fourth-order valence-corrected chi connectivity index (χ4v) is 2.15. The maximum Gasteiger partial charge on any atom is 0.260 e. The Bertz CT molecular complexity index is 473. The van der Waals surface area contributed by atoms with Gasteiger partial charge in [-0.2, -0.15) is 0 Å². The Morgan fingerprint density at radius 3 is 2.74 bits per heavy atom. The van der Waals surface area contributed by atoms with Crippen LogP contribution in [0.4, 0.5) is 0 Å². The molecule has 1 aromatic rings. The maximum atomic E-state index is 11.9. The summed E-state index contributed by atoms with van der Waals surface area (Å²) in [6, 6.07) is 5.84. The van der Waals surface area contributed by atoms with Gasteiger partial charge in [0, 0.05) is 22.1 Å². The van der Waals surface area contributed by atoms with Gasteiger partial charge < -0.3 is 15.8 Å². The summed E-state index contributed by atoms with van der Waals surface area (Å²) in [4.78, 5) is 11.9. The second kappa shape index (κ2) is 5.92. The van der Waals surface area contributed by atoms with E-state index >= 15 is 0 Å². The zero-order valence-corrected chi connectivity index (χ0v) is 12.7. The molecule has 1 aromatic carbocycles. The molecule has 104 valence electrons. The van der Waals surface area contributed by atoms with Gasteiger partial charge in [-0.1, -0.05) is 15.9 Å². The van der Waals surface area contributed by atoms with E-state index in [9.17, 15) is 4.79 Å². The third-order valence-electron chi connectivity index (χ3n) is 3.06. The summed E-state index contributed by atoms with van der Waals surface area (Å²) < 4.78 is 6.69. The highest BCUT2D eigenvalue weighted by Crippen LogP contribution is 2.28. The number of carbonyl (C=O) groups is 1. The number of nitrogens with one attached hydrogen (secondary N) is 1. The summed E-state index contributed by atoms with van der Waals surface area (Å²) in [5.74, 6) is 0.595. The van der Waals surface area contributed by atoms with Gasteiger partial charge in [-0.3, -0.25) is 4.79 Å². The molecule has 0 radical (unpaired) electrons. The van der Waals surface area contributed by atoms with Crippen molar-refractivity contribution in [2.75, 3.05) is 0 Å². The molecular formula is C14H19BrN2O2. The fourth-order valence-electron chi connectivity index (χ4n) is 1.77. The van der Waals surface area contributed by atoms with Gasteiger partial charge >= 0.3 is 0 Å². The van der Waals surface area contributed by atoms with Crippen LogP contribution in [0, 0.1) is 0 Å². The molecule has 0 aromatic heterocycles. The van der Waals surface area contributed by atoms with Crippen molar-refractivity contribution in [1.29, 1.82) is 0 Å². The van der Waals surface area contributed by atoms with E-state index < -0.39 is 6.10 Å². The molecule has 0 bridgehead atoms. The van der Waals surface area contributed by atoms with Gasteiger partial charge in [0.15, 0.2) is 6.10 Å². The standard InChI is InChI=1S/C14H19BrN2O2/c1-8(16)12-7-10(15)3-6-13(12)19-9(2)14(18)17-11-4-5-11/h3,6-9,11H,4-5,16H2,1-2H3,(H,17,18)/t8-,9?/m1/s1. The number of carbonyl (C=O) groups excluding carboxylic acids is 1. The number of amides is 1. The minimum Gasteiger partial charge on any atom is -0.481 e. The van der Waals surface area contributed by atoms with Gasteiger partial charge in [-0.05, 0) is 44.9 Å². The van der Waals surface area contributed by atoms with Gasteiger partial charge in [0.25, 0.3) is 5.91 Å². The monoisotopic (exact) mass is 326 g/mol. The van der Waals surface area contributed by atoms with Crippen molar-refractivity contribution in [2.24, 2.45) is 5.73 Å². The number of ether oxygens (including phenoxy) is 1. The van der Waals surface area contributed by atoms with Crippen LogP contribution < -0.4 is 15.8 Å². The first kappa shape index (κ1) is 14.3. The summed E-state index contributed by atoms with van der Waals surface area (Å²) in [5.41, 5.74) is 6.81. The van der Waals surface area contributed by atoms with Crippen LogP contribution in [-0.4, -0.2) is 18.1 Å². The van der Waals surface area contributed by atoms with Gasteiger partial charge in [-0.15, -0.1) is 0 Å². The molecule has 1 fully saturated rings. The zero-order valence-electron chi connectivity index (χ0n) is 11.2. The molecule has 2 rings (SSSR count). The predicted octanol–water partition coefficient (Wildman–Crippen LogP) is 2.51. The van der Waals surface area contributed by atoms with Gasteiger partial charge in [0.05, 0.1) is 0 Å². The maximum absolute atomic E-state index is 11.9. The molecule has 2 atom stereocenters. The molecule has 5 heteroatoms. The molecular weight excluding hydrogens is 308 g/mol. The fraction of sp³-hybridized carbons (Fsp3) is 0.500. The molecule has 3 N–H and O–H groups in total. The lowest BCUT2D eigenvalue weighted by atomic mass is 10.1. The molecule has 0 spiro atoms. The second-order valence-electron chi connectivity index (χ2n) is 5.01. The Labute approximate surface area is 121 Å². The van der Waals surface area contributed by atoms with Crippen LogP contribution in [0.1, 0.15) is 38.3 Å². The Hall–Kier alpha value is -1.07. The SMILES string of the molecule is CC(Oc1ccc(Br)cc1[C@@H](C)N)C(=O)NC1CC1. The lowest BCUT2D eigenvalue weighted by Gasteiger charge is -2.19. The predicted molar refractivity (Wildman–Crippen MR) is 78.0 cm³/mol. The van der Waals surface area contributed by atoms with Crippen LogP contribution in [0.25, 0.3) is 0 Å². The van der Waals surface area contributed by atoms with E-state index in [-0.39, 0.29) is 11.9 Å².